The average molecular weight is 168 g/mol. The van der Waals surface area contributed by atoms with Crippen LogP contribution in [-0.2, 0) is 0 Å². The zero-order valence-electron chi connectivity index (χ0n) is 9.19. The van der Waals surface area contributed by atoms with Crippen LogP contribution in [0.1, 0.15) is 59.8 Å². The fourth-order valence-electron chi connectivity index (χ4n) is 2.72. The average Bonchev–Trinajstić information content (AvgIpc) is 1.82. The second-order valence-electron chi connectivity index (χ2n) is 5.76. The van der Waals surface area contributed by atoms with Crippen molar-refractivity contribution in [3.63, 3.8) is 0 Å². The van der Waals surface area contributed by atoms with Gasteiger partial charge in [0.1, 0.15) is 0 Å². The smallest absolute Gasteiger partial charge is 0.0352 e. The van der Waals surface area contributed by atoms with Gasteiger partial charge in [-0.25, -0.2) is 0 Å². The predicted molar refractivity (Wildman–Crippen MR) is 55.2 cm³/mol. The van der Waals surface area contributed by atoms with E-state index in [0.717, 1.165) is 11.8 Å². The number of hydrogen-bond acceptors (Lipinski definition) is 0. The highest BCUT2D eigenvalue weighted by molar-refractivity contribution is 4.79. The number of rotatable bonds is 2. The van der Waals surface area contributed by atoms with E-state index in [4.69, 9.17) is 0 Å². The van der Waals surface area contributed by atoms with Crippen LogP contribution < -0.4 is 0 Å². The quantitative estimate of drug-likeness (QED) is 0.578. The molecule has 0 heterocycles. The van der Waals surface area contributed by atoms with E-state index in [1.54, 1.807) is 0 Å². The van der Waals surface area contributed by atoms with E-state index >= 15 is 0 Å². The summed E-state index contributed by atoms with van der Waals surface area (Å²) in [5, 5.41) is 0. The summed E-state index contributed by atoms with van der Waals surface area (Å²) in [5.74, 6) is 1.91. The van der Waals surface area contributed by atoms with Gasteiger partial charge in [0.15, 0.2) is 0 Å². The zero-order valence-corrected chi connectivity index (χ0v) is 9.19. The third-order valence-electron chi connectivity index (χ3n) is 3.11. The predicted octanol–water partition coefficient (Wildman–Crippen LogP) is 4.25. The summed E-state index contributed by atoms with van der Waals surface area (Å²) >= 11 is 0. The van der Waals surface area contributed by atoms with Crippen molar-refractivity contribution >= 4 is 0 Å². The highest BCUT2D eigenvalue weighted by atomic mass is 14.3. The van der Waals surface area contributed by atoms with Crippen molar-refractivity contribution in [3.8, 4) is 0 Å². The Morgan fingerprint density at radius 2 is 2.00 bits per heavy atom. The van der Waals surface area contributed by atoms with Gasteiger partial charge < -0.3 is 0 Å². The molecule has 0 amide bonds. The Kier molecular flexibility index (Phi) is 3.20. The maximum Gasteiger partial charge on any atom is -0.0352 e. The minimum Gasteiger partial charge on any atom is -0.0628 e. The Bertz CT molecular complexity index is 133. The van der Waals surface area contributed by atoms with Crippen LogP contribution in [0.5, 0.6) is 0 Å². The fourth-order valence-corrected chi connectivity index (χ4v) is 2.72. The first-order valence-electron chi connectivity index (χ1n) is 5.49. The summed E-state index contributed by atoms with van der Waals surface area (Å²) < 4.78 is 0. The molecule has 1 rings (SSSR count). The van der Waals surface area contributed by atoms with Crippen molar-refractivity contribution in [2.24, 2.45) is 17.3 Å². The molecule has 0 unspecified atom stereocenters. The van der Waals surface area contributed by atoms with E-state index in [1.807, 2.05) is 0 Å². The van der Waals surface area contributed by atoms with Gasteiger partial charge in [0, 0.05) is 0 Å². The maximum absolute atomic E-state index is 2.43. The van der Waals surface area contributed by atoms with Gasteiger partial charge in [0.2, 0.25) is 0 Å². The Hall–Kier alpha value is 0. The second-order valence-corrected chi connectivity index (χ2v) is 5.76. The summed E-state index contributed by atoms with van der Waals surface area (Å²) in [6.07, 6.45) is 7.31. The monoisotopic (exact) mass is 168 g/mol. The van der Waals surface area contributed by atoms with Gasteiger partial charge in [-0.15, -0.1) is 0 Å². The fraction of sp³-hybridized carbons (Fsp3) is 1.00. The molecule has 12 heavy (non-hydrogen) atoms. The Morgan fingerprint density at radius 1 is 1.33 bits per heavy atom. The summed E-state index contributed by atoms with van der Waals surface area (Å²) in [7, 11) is 0. The molecule has 72 valence electrons. The van der Waals surface area contributed by atoms with Crippen LogP contribution in [0.3, 0.4) is 0 Å². The van der Waals surface area contributed by atoms with Crippen molar-refractivity contribution < 1.29 is 0 Å². The first-order valence-corrected chi connectivity index (χ1v) is 5.49. The molecule has 0 spiro atoms. The van der Waals surface area contributed by atoms with Crippen LogP contribution in [0.25, 0.3) is 0 Å². The lowest BCUT2D eigenvalue weighted by atomic mass is 9.70. The third-order valence-corrected chi connectivity index (χ3v) is 3.11. The van der Waals surface area contributed by atoms with Crippen molar-refractivity contribution in [1.82, 2.24) is 0 Å². The van der Waals surface area contributed by atoms with Gasteiger partial charge in [-0.2, -0.15) is 0 Å². The first kappa shape index (κ1) is 10.1. The minimum atomic E-state index is 0.637. The van der Waals surface area contributed by atoms with Crippen LogP contribution in [0.2, 0.25) is 0 Å². The van der Waals surface area contributed by atoms with Gasteiger partial charge >= 0.3 is 0 Å². The normalized spacial score (nSPS) is 29.2. The molecular formula is C12H24. The van der Waals surface area contributed by atoms with Crippen LogP contribution in [-0.4, -0.2) is 0 Å². The van der Waals surface area contributed by atoms with Gasteiger partial charge in [-0.1, -0.05) is 40.5 Å². The molecular weight excluding hydrogens is 144 g/mol. The Morgan fingerprint density at radius 3 is 2.50 bits per heavy atom. The largest absolute Gasteiger partial charge is 0.0628 e. The van der Waals surface area contributed by atoms with Crippen molar-refractivity contribution in [3.05, 3.63) is 0 Å². The van der Waals surface area contributed by atoms with Crippen molar-refractivity contribution in [2.45, 2.75) is 59.8 Å². The molecule has 0 aromatic carbocycles. The van der Waals surface area contributed by atoms with Crippen LogP contribution in [0.4, 0.5) is 0 Å². The van der Waals surface area contributed by atoms with Crippen LogP contribution in [0.15, 0.2) is 0 Å². The van der Waals surface area contributed by atoms with Gasteiger partial charge in [0.05, 0.1) is 0 Å². The molecule has 1 aliphatic rings. The van der Waals surface area contributed by atoms with Crippen molar-refractivity contribution in [2.75, 3.05) is 0 Å². The molecule has 0 radical (unpaired) electrons. The van der Waals surface area contributed by atoms with Gasteiger partial charge in [-0.05, 0) is 36.5 Å². The second kappa shape index (κ2) is 3.81. The van der Waals surface area contributed by atoms with Crippen LogP contribution >= 0.6 is 0 Å². The van der Waals surface area contributed by atoms with Crippen LogP contribution in [0, 0.1) is 17.3 Å². The zero-order chi connectivity index (χ0) is 9.19. The Labute approximate surface area is 77.7 Å². The summed E-state index contributed by atoms with van der Waals surface area (Å²) in [4.78, 5) is 0. The molecule has 1 aliphatic carbocycles. The summed E-state index contributed by atoms with van der Waals surface area (Å²) in [5.41, 5.74) is 0.637. The minimum absolute atomic E-state index is 0.637. The van der Waals surface area contributed by atoms with Gasteiger partial charge in [-0.3, -0.25) is 0 Å². The molecule has 0 aromatic heterocycles. The molecule has 0 N–H and O–H groups in total. The third kappa shape index (κ3) is 3.16. The highest BCUT2D eigenvalue weighted by Crippen LogP contribution is 2.40. The van der Waals surface area contributed by atoms with E-state index in [-0.39, 0.29) is 0 Å². The van der Waals surface area contributed by atoms with Gasteiger partial charge in [0.25, 0.3) is 0 Å². The summed E-state index contributed by atoms with van der Waals surface area (Å²) in [6, 6.07) is 0. The molecule has 0 aromatic rings. The molecule has 1 fully saturated rings. The number of hydrogen-bond donors (Lipinski definition) is 0. The Balaban J connectivity index is 2.36. The van der Waals surface area contributed by atoms with Crippen molar-refractivity contribution in [1.29, 1.82) is 0 Å². The van der Waals surface area contributed by atoms with E-state index in [9.17, 15) is 0 Å². The maximum atomic E-state index is 2.43. The SMILES string of the molecule is CC(C)C[C@@H]1CCCC(C)(C)C1. The molecule has 0 aliphatic heterocycles. The standard InChI is InChI=1S/C12H24/c1-10(2)8-11-6-5-7-12(3,4)9-11/h10-11H,5-9H2,1-4H3/t11-/m0/s1. The lowest BCUT2D eigenvalue weighted by Crippen LogP contribution is -2.23. The lowest BCUT2D eigenvalue weighted by Gasteiger charge is -2.36. The molecule has 1 saturated carbocycles. The lowest BCUT2D eigenvalue weighted by molar-refractivity contribution is 0.163. The molecule has 0 bridgehead atoms. The molecule has 1 atom stereocenters. The van der Waals surface area contributed by atoms with E-state index in [0.29, 0.717) is 5.41 Å². The van der Waals surface area contributed by atoms with E-state index in [2.05, 4.69) is 27.7 Å². The topological polar surface area (TPSA) is 0 Å². The molecule has 0 saturated heterocycles. The first-order chi connectivity index (χ1) is 5.49. The van der Waals surface area contributed by atoms with E-state index in [1.165, 1.54) is 32.1 Å². The molecule has 0 nitrogen and oxygen atoms in total. The highest BCUT2D eigenvalue weighted by Gasteiger charge is 2.27. The molecule has 0 heteroatoms. The summed E-state index contributed by atoms with van der Waals surface area (Å²) in [6.45, 7) is 9.56. The van der Waals surface area contributed by atoms with E-state index < -0.39 is 0 Å².